The molecular formula is C21H31FN2O. The second-order valence-corrected chi connectivity index (χ2v) is 8.73. The summed E-state index contributed by atoms with van der Waals surface area (Å²) >= 11 is 0. The lowest BCUT2D eigenvalue weighted by Crippen LogP contribution is -2.48. The van der Waals surface area contributed by atoms with E-state index in [2.05, 4.69) is 10.6 Å². The Morgan fingerprint density at radius 3 is 2.88 bits per heavy atom. The smallest absolute Gasteiger partial charge is 0.245 e. The lowest BCUT2D eigenvalue weighted by molar-refractivity contribution is -0.124. The Morgan fingerprint density at radius 1 is 1.36 bits per heavy atom. The highest BCUT2D eigenvalue weighted by molar-refractivity contribution is 5.88. The summed E-state index contributed by atoms with van der Waals surface area (Å²) in [5.74, 6) is 0.973. The van der Waals surface area contributed by atoms with E-state index >= 15 is 0 Å². The highest BCUT2D eigenvalue weighted by atomic mass is 19.1. The standard InChI is InChI=1S/C21H31FN2O/c1-15-5-4-6-18(11-15)24-20(2,3)19(25)23-10-8-17-12-16-7-9-21(22,13-16)14-17/h4-6,11,16-17,24H,7-10,12-14H2,1-3H3,(H,23,25)/t16-,17?,21-/m0/s1. The number of aryl methyl sites for hydroxylation is 1. The maximum atomic E-state index is 14.5. The van der Waals surface area contributed by atoms with Crippen LogP contribution in [0.4, 0.5) is 10.1 Å². The summed E-state index contributed by atoms with van der Waals surface area (Å²) < 4.78 is 14.5. The van der Waals surface area contributed by atoms with Crippen molar-refractivity contribution in [3.05, 3.63) is 29.8 Å². The van der Waals surface area contributed by atoms with Gasteiger partial charge in [0.05, 0.1) is 0 Å². The summed E-state index contributed by atoms with van der Waals surface area (Å²) in [6, 6.07) is 8.02. The Labute approximate surface area is 150 Å². The molecule has 2 fully saturated rings. The molecule has 0 heterocycles. The van der Waals surface area contributed by atoms with Gasteiger partial charge in [0.2, 0.25) is 5.91 Å². The van der Waals surface area contributed by atoms with Crippen LogP contribution in [-0.2, 0) is 4.79 Å². The summed E-state index contributed by atoms with van der Waals surface area (Å²) in [6.07, 6.45) is 5.26. The highest BCUT2D eigenvalue weighted by Crippen LogP contribution is 2.50. The average molecular weight is 346 g/mol. The van der Waals surface area contributed by atoms with Crippen LogP contribution in [0, 0.1) is 18.8 Å². The van der Waals surface area contributed by atoms with Gasteiger partial charge in [-0.05, 0) is 88.8 Å². The van der Waals surface area contributed by atoms with Crippen LogP contribution in [0.25, 0.3) is 0 Å². The van der Waals surface area contributed by atoms with Crippen molar-refractivity contribution in [2.45, 2.75) is 70.5 Å². The molecule has 0 aliphatic heterocycles. The van der Waals surface area contributed by atoms with Crippen molar-refractivity contribution in [2.24, 2.45) is 11.8 Å². The number of carbonyl (C=O) groups is 1. The minimum Gasteiger partial charge on any atom is -0.372 e. The summed E-state index contributed by atoms with van der Waals surface area (Å²) in [5.41, 5.74) is 0.515. The number of halogens is 1. The maximum Gasteiger partial charge on any atom is 0.245 e. The van der Waals surface area contributed by atoms with E-state index in [-0.39, 0.29) is 5.91 Å². The van der Waals surface area contributed by atoms with Crippen molar-refractivity contribution < 1.29 is 9.18 Å². The number of hydrogen-bond acceptors (Lipinski definition) is 2. The Balaban J connectivity index is 1.47. The van der Waals surface area contributed by atoms with Crippen LogP contribution in [0.2, 0.25) is 0 Å². The molecule has 0 aromatic heterocycles. The van der Waals surface area contributed by atoms with Gasteiger partial charge in [0.1, 0.15) is 11.2 Å². The highest BCUT2D eigenvalue weighted by Gasteiger charge is 2.45. The van der Waals surface area contributed by atoms with Gasteiger partial charge in [0, 0.05) is 12.2 Å². The zero-order valence-corrected chi connectivity index (χ0v) is 15.7. The molecule has 4 heteroatoms. The normalized spacial score (nSPS) is 28.6. The van der Waals surface area contributed by atoms with Crippen molar-refractivity contribution in [3.63, 3.8) is 0 Å². The molecule has 2 aliphatic rings. The van der Waals surface area contributed by atoms with Crippen molar-refractivity contribution in [2.75, 3.05) is 11.9 Å². The minimum absolute atomic E-state index is 0.0113. The maximum absolute atomic E-state index is 14.5. The lowest BCUT2D eigenvalue weighted by Gasteiger charge is -2.32. The van der Waals surface area contributed by atoms with Crippen molar-refractivity contribution in [1.29, 1.82) is 0 Å². The largest absolute Gasteiger partial charge is 0.372 e. The number of hydrogen-bond donors (Lipinski definition) is 2. The van der Waals surface area contributed by atoms with Gasteiger partial charge in [-0.15, -0.1) is 0 Å². The minimum atomic E-state index is -0.913. The van der Waals surface area contributed by atoms with E-state index in [0.29, 0.717) is 24.8 Å². The molecule has 2 aliphatic carbocycles. The molecule has 1 aromatic carbocycles. The Bertz CT molecular complexity index is 630. The average Bonchev–Trinajstić information content (AvgIpc) is 2.79. The first-order valence-electron chi connectivity index (χ1n) is 9.58. The molecule has 1 amide bonds. The number of rotatable bonds is 6. The van der Waals surface area contributed by atoms with Crippen molar-refractivity contribution in [3.8, 4) is 0 Å². The van der Waals surface area contributed by atoms with E-state index in [1.165, 1.54) is 0 Å². The molecule has 3 atom stereocenters. The summed E-state index contributed by atoms with van der Waals surface area (Å²) in [6.45, 7) is 6.45. The van der Waals surface area contributed by atoms with Crippen LogP contribution < -0.4 is 10.6 Å². The van der Waals surface area contributed by atoms with Crippen LogP contribution >= 0.6 is 0 Å². The molecule has 1 unspecified atom stereocenters. The van der Waals surface area contributed by atoms with E-state index in [0.717, 1.165) is 43.4 Å². The first-order valence-corrected chi connectivity index (χ1v) is 9.58. The zero-order chi connectivity index (χ0) is 18.1. The molecule has 25 heavy (non-hydrogen) atoms. The fourth-order valence-electron chi connectivity index (χ4n) is 4.61. The Hall–Kier alpha value is -1.58. The van der Waals surface area contributed by atoms with Crippen LogP contribution in [0.15, 0.2) is 24.3 Å². The van der Waals surface area contributed by atoms with Gasteiger partial charge >= 0.3 is 0 Å². The summed E-state index contributed by atoms with van der Waals surface area (Å²) in [4.78, 5) is 12.6. The molecule has 3 rings (SSSR count). The summed E-state index contributed by atoms with van der Waals surface area (Å²) in [5, 5.41) is 6.35. The van der Waals surface area contributed by atoms with Crippen LogP contribution in [-0.4, -0.2) is 23.7 Å². The Morgan fingerprint density at radius 2 is 2.16 bits per heavy atom. The monoisotopic (exact) mass is 346 g/mol. The van der Waals surface area contributed by atoms with Gasteiger partial charge in [-0.25, -0.2) is 4.39 Å². The van der Waals surface area contributed by atoms with E-state index in [1.54, 1.807) is 0 Å². The molecule has 2 saturated carbocycles. The molecule has 2 N–H and O–H groups in total. The second-order valence-electron chi connectivity index (χ2n) is 8.73. The van der Waals surface area contributed by atoms with Crippen LogP contribution in [0.3, 0.4) is 0 Å². The third-order valence-corrected chi connectivity index (χ3v) is 5.86. The van der Waals surface area contributed by atoms with E-state index in [1.807, 2.05) is 45.0 Å². The van der Waals surface area contributed by atoms with Crippen molar-refractivity contribution in [1.82, 2.24) is 5.32 Å². The van der Waals surface area contributed by atoms with E-state index < -0.39 is 11.2 Å². The third-order valence-electron chi connectivity index (χ3n) is 5.86. The molecule has 1 aromatic rings. The predicted molar refractivity (Wildman–Crippen MR) is 100 cm³/mol. The quantitative estimate of drug-likeness (QED) is 0.790. The predicted octanol–water partition coefficient (Wildman–Crippen LogP) is 4.61. The van der Waals surface area contributed by atoms with Crippen LogP contribution in [0.5, 0.6) is 0 Å². The van der Waals surface area contributed by atoms with Crippen LogP contribution in [0.1, 0.15) is 57.9 Å². The van der Waals surface area contributed by atoms with Gasteiger partial charge in [0.25, 0.3) is 0 Å². The topological polar surface area (TPSA) is 41.1 Å². The fraction of sp³-hybridized carbons (Fsp3) is 0.667. The fourth-order valence-corrected chi connectivity index (χ4v) is 4.61. The molecule has 0 radical (unpaired) electrons. The van der Waals surface area contributed by atoms with Gasteiger partial charge in [-0.2, -0.15) is 0 Å². The van der Waals surface area contributed by atoms with E-state index in [9.17, 15) is 9.18 Å². The second kappa shape index (κ2) is 6.97. The molecule has 138 valence electrons. The first-order chi connectivity index (χ1) is 11.8. The van der Waals surface area contributed by atoms with Gasteiger partial charge in [-0.1, -0.05) is 12.1 Å². The van der Waals surface area contributed by atoms with Gasteiger partial charge in [-0.3, -0.25) is 4.79 Å². The number of carbonyl (C=O) groups excluding carboxylic acids is 1. The number of alkyl halides is 1. The number of amides is 1. The number of fused-ring (bicyclic) bond motifs is 2. The molecule has 3 nitrogen and oxygen atoms in total. The first kappa shape index (κ1) is 18.2. The molecule has 2 bridgehead atoms. The molecule has 0 spiro atoms. The SMILES string of the molecule is Cc1cccc(NC(C)(C)C(=O)NCCC2C[C@@H]3CC[C@@](F)(C2)C3)c1. The Kier molecular flexibility index (Phi) is 5.08. The number of benzene rings is 1. The van der Waals surface area contributed by atoms with Crippen molar-refractivity contribution >= 4 is 11.6 Å². The van der Waals surface area contributed by atoms with E-state index in [4.69, 9.17) is 0 Å². The number of anilines is 1. The lowest BCUT2D eigenvalue weighted by atomic mass is 9.78. The van der Waals surface area contributed by atoms with Gasteiger partial charge in [0.15, 0.2) is 0 Å². The molecule has 0 saturated heterocycles. The zero-order valence-electron chi connectivity index (χ0n) is 15.7. The molecular weight excluding hydrogens is 315 g/mol. The number of nitrogens with one attached hydrogen (secondary N) is 2. The van der Waals surface area contributed by atoms with Gasteiger partial charge < -0.3 is 10.6 Å². The summed E-state index contributed by atoms with van der Waals surface area (Å²) in [7, 11) is 0. The third kappa shape index (κ3) is 4.53.